The van der Waals surface area contributed by atoms with E-state index in [1.54, 1.807) is 6.92 Å². The number of nitriles is 1. The van der Waals surface area contributed by atoms with Gasteiger partial charge in [-0.15, -0.1) is 0 Å². The quantitative estimate of drug-likeness (QED) is 0.141. The van der Waals surface area contributed by atoms with Gasteiger partial charge >= 0.3 is 0 Å². The van der Waals surface area contributed by atoms with Gasteiger partial charge in [-0.05, 0) is 154 Å². The zero-order valence-corrected chi connectivity index (χ0v) is 42.8. The standard InChI is InChI=1S/C59H68ClN10O2/c1-40-32-59(39-69(40)51-11-10-46(33-61)55(60)31-51)21-26-66(27-22-59)49-14-12-48(13-15-49)65-23-16-44(17-24-65)43-8-6-42(7-9-43)36-68-37-47(34-63-68)56-30-45-4-3-5-52(53(45)35-62-56)58-54-38-67(41(2)71)25-18-57(54)70(64-58)50-19-28-72-29-20-50/h3-5,10-15,30-31,34-37,40,42-44,50H,6-9,16-29,32,38-39H2,1-2H3/q+1/b68-36-/t40-,42?,43?/m0/s1. The van der Waals surface area contributed by atoms with Gasteiger partial charge in [0, 0.05) is 130 Å². The van der Waals surface area contributed by atoms with Gasteiger partial charge in [-0.2, -0.15) is 10.4 Å². The average Bonchev–Trinajstić information content (AvgIpc) is 4.14. The van der Waals surface area contributed by atoms with Gasteiger partial charge < -0.3 is 24.3 Å². The van der Waals surface area contributed by atoms with E-state index in [0.29, 0.717) is 40.5 Å². The Bertz CT molecular complexity index is 2980. The van der Waals surface area contributed by atoms with Gasteiger partial charge in [0.05, 0.1) is 33.6 Å². The summed E-state index contributed by atoms with van der Waals surface area (Å²) in [5.74, 6) is 2.26. The van der Waals surface area contributed by atoms with Crippen LogP contribution in [0.25, 0.3) is 27.6 Å². The lowest BCUT2D eigenvalue weighted by atomic mass is 9.73. The van der Waals surface area contributed by atoms with Crippen molar-refractivity contribution in [2.45, 2.75) is 110 Å². The molecule has 372 valence electrons. The van der Waals surface area contributed by atoms with E-state index in [-0.39, 0.29) is 5.91 Å². The summed E-state index contributed by atoms with van der Waals surface area (Å²) in [7, 11) is 0. The molecule has 5 aromatic rings. The number of carbonyl (C=O) groups excluding carboxylic acids is 1. The number of nitrogens with zero attached hydrogens (tertiary/aromatic N) is 10. The van der Waals surface area contributed by atoms with Crippen molar-refractivity contribution < 1.29 is 14.2 Å². The van der Waals surface area contributed by atoms with Gasteiger partial charge in [0.2, 0.25) is 12.1 Å². The molecular weight excluding hydrogens is 916 g/mol. The maximum atomic E-state index is 12.5. The van der Waals surface area contributed by atoms with Gasteiger partial charge in [0.25, 0.3) is 0 Å². The minimum atomic E-state index is 0.107. The predicted octanol–water partition coefficient (Wildman–Crippen LogP) is 10.9. The first-order valence-corrected chi connectivity index (χ1v) is 27.3. The van der Waals surface area contributed by atoms with Crippen LogP contribution in [0.3, 0.4) is 0 Å². The number of fused-ring (bicyclic) bond motifs is 2. The highest BCUT2D eigenvalue weighted by molar-refractivity contribution is 6.32. The molecule has 1 amide bonds. The molecule has 1 spiro atoms. The molecule has 4 saturated heterocycles. The van der Waals surface area contributed by atoms with Crippen LogP contribution in [0.4, 0.5) is 17.1 Å². The van der Waals surface area contributed by atoms with Crippen LogP contribution in [-0.2, 0) is 22.5 Å². The van der Waals surface area contributed by atoms with Gasteiger partial charge in [-0.1, -0.05) is 34.5 Å². The third kappa shape index (κ3) is 9.21. The second-order valence-electron chi connectivity index (χ2n) is 22.2. The van der Waals surface area contributed by atoms with Crippen molar-refractivity contribution in [1.82, 2.24) is 19.7 Å². The number of hydrogen-bond acceptors (Lipinski definition) is 9. The van der Waals surface area contributed by atoms with E-state index < -0.39 is 0 Å². The van der Waals surface area contributed by atoms with Gasteiger partial charge in [0.1, 0.15) is 12.3 Å². The number of amides is 1. The Hall–Kier alpha value is -6.03. The molecule has 6 aliphatic heterocycles. The highest BCUT2D eigenvalue weighted by Gasteiger charge is 2.44. The Kier molecular flexibility index (Phi) is 12.9. The normalized spacial score (nSPS) is 24.3. The molecule has 1 aliphatic carbocycles. The fourth-order valence-electron chi connectivity index (χ4n) is 13.8. The zero-order chi connectivity index (χ0) is 48.9. The number of halogens is 1. The number of aromatic nitrogens is 3. The summed E-state index contributed by atoms with van der Waals surface area (Å²) in [6.07, 6.45) is 22.3. The van der Waals surface area contributed by atoms with Crippen LogP contribution in [0.15, 0.2) is 84.2 Å². The summed E-state index contributed by atoms with van der Waals surface area (Å²) in [5, 5.41) is 22.2. The lowest BCUT2D eigenvalue weighted by Gasteiger charge is -2.41. The van der Waals surface area contributed by atoms with Crippen molar-refractivity contribution in [2.75, 3.05) is 67.2 Å². The molecule has 1 atom stereocenters. The Morgan fingerprint density at radius 2 is 1.60 bits per heavy atom. The maximum Gasteiger partial charge on any atom is 0.219 e. The number of rotatable bonds is 8. The second-order valence-corrected chi connectivity index (χ2v) is 22.6. The molecule has 5 fully saturated rings. The number of allylic oxidation sites excluding steroid dienone is 1. The number of hydrogen-bond donors (Lipinski definition) is 0. The molecule has 12 nitrogen and oxygen atoms in total. The highest BCUT2D eigenvalue weighted by Crippen LogP contribution is 2.47. The van der Waals surface area contributed by atoms with Crippen LogP contribution >= 0.6 is 11.6 Å². The van der Waals surface area contributed by atoms with Crippen molar-refractivity contribution in [3.63, 3.8) is 0 Å². The highest BCUT2D eigenvalue weighted by atomic mass is 35.5. The smallest absolute Gasteiger partial charge is 0.219 e. The third-order valence-corrected chi connectivity index (χ3v) is 18.3. The topological polar surface area (TPSA) is 109 Å². The predicted molar refractivity (Wildman–Crippen MR) is 288 cm³/mol. The number of hydrazone groups is 1. The Labute approximate surface area is 429 Å². The molecular formula is C59H68ClN10O2+. The summed E-state index contributed by atoms with van der Waals surface area (Å²) < 4.78 is 10.0. The van der Waals surface area contributed by atoms with Crippen LogP contribution in [-0.4, -0.2) is 101 Å². The number of pyridine rings is 1. The molecule has 3 aromatic carbocycles. The molecule has 0 bridgehead atoms. The zero-order valence-electron chi connectivity index (χ0n) is 42.1. The largest absolute Gasteiger partial charge is 0.381 e. The Morgan fingerprint density at radius 1 is 0.875 bits per heavy atom. The molecule has 0 radical (unpaired) electrons. The molecule has 1 saturated carbocycles. The van der Waals surface area contributed by atoms with Crippen LogP contribution in [0.5, 0.6) is 0 Å². The summed E-state index contributed by atoms with van der Waals surface area (Å²) >= 11 is 6.43. The minimum Gasteiger partial charge on any atom is -0.381 e. The first-order valence-electron chi connectivity index (χ1n) is 27.0. The molecule has 0 N–H and O–H groups in total. The van der Waals surface area contributed by atoms with Crippen molar-refractivity contribution >= 4 is 63.3 Å². The third-order valence-electron chi connectivity index (χ3n) is 17.9. The monoisotopic (exact) mass is 984 g/mol. The van der Waals surface area contributed by atoms with Crippen molar-refractivity contribution in [3.05, 3.63) is 107 Å². The lowest BCUT2D eigenvalue weighted by Crippen LogP contribution is -2.41. The van der Waals surface area contributed by atoms with E-state index in [0.717, 1.165) is 128 Å². The molecule has 8 heterocycles. The molecule has 7 aliphatic rings. The lowest BCUT2D eigenvalue weighted by molar-refractivity contribution is -0.454. The van der Waals surface area contributed by atoms with E-state index in [4.69, 9.17) is 31.5 Å². The Balaban J connectivity index is 0.627. The van der Waals surface area contributed by atoms with Crippen molar-refractivity contribution in [3.8, 4) is 17.3 Å². The summed E-state index contributed by atoms with van der Waals surface area (Å²) in [6.45, 7) is 12.3. The molecule has 0 unspecified atom stereocenters. The Morgan fingerprint density at radius 3 is 2.32 bits per heavy atom. The van der Waals surface area contributed by atoms with E-state index >= 15 is 0 Å². The molecule has 13 heteroatoms. The first kappa shape index (κ1) is 47.0. The minimum absolute atomic E-state index is 0.107. The van der Waals surface area contributed by atoms with Gasteiger partial charge in [-0.3, -0.25) is 14.5 Å². The summed E-state index contributed by atoms with van der Waals surface area (Å²) in [5.41, 5.74) is 11.1. The fraction of sp³-hybridized carbons (Fsp3) is 0.492. The summed E-state index contributed by atoms with van der Waals surface area (Å²) in [6, 6.07) is 26.9. The van der Waals surface area contributed by atoms with Crippen molar-refractivity contribution in [2.24, 2.45) is 28.3 Å². The second kappa shape index (κ2) is 19.8. The van der Waals surface area contributed by atoms with E-state index in [2.05, 4.69) is 99.4 Å². The van der Waals surface area contributed by atoms with E-state index in [9.17, 15) is 10.1 Å². The molecule has 12 rings (SSSR count). The van der Waals surface area contributed by atoms with Crippen LogP contribution in [0.2, 0.25) is 5.02 Å². The van der Waals surface area contributed by atoms with Gasteiger partial charge in [0.15, 0.2) is 6.21 Å². The molecule has 72 heavy (non-hydrogen) atoms. The number of carbonyl (C=O) groups is 1. The first-order chi connectivity index (χ1) is 35.2. The summed E-state index contributed by atoms with van der Waals surface area (Å²) in [4.78, 5) is 27.2. The van der Waals surface area contributed by atoms with Crippen LogP contribution < -0.4 is 14.7 Å². The van der Waals surface area contributed by atoms with Crippen molar-refractivity contribution in [1.29, 1.82) is 5.26 Å². The van der Waals surface area contributed by atoms with E-state index in [1.807, 2.05) is 34.1 Å². The number of anilines is 3. The van der Waals surface area contributed by atoms with Crippen LogP contribution in [0, 0.1) is 34.5 Å². The van der Waals surface area contributed by atoms with Gasteiger partial charge in [-0.25, -0.2) is 0 Å². The number of piperidine rings is 2. The van der Waals surface area contributed by atoms with E-state index in [1.165, 1.54) is 74.9 Å². The number of benzene rings is 3. The fourth-order valence-corrected chi connectivity index (χ4v) is 14.0. The average molecular weight is 985 g/mol. The maximum absolute atomic E-state index is 12.5. The SMILES string of the molecule is CC(=O)N1CCc2c(c(-c3cccc4cc(C5=C/[N+](=C/C6CCC(C7CCN(c8ccc(N9CCC%10(CC9)C[C@H](C)N(c9ccc(C#N)c(Cl)c9)C%10)cc8)CC7)CC6)N=C5)ncc34)nn2C2CCOCC2)C1. The molecule has 2 aromatic heterocycles. The number of ether oxygens (including phenoxy) is 1. The van der Waals surface area contributed by atoms with Crippen LogP contribution in [0.1, 0.15) is 113 Å².